The SMILES string of the molecule is O=C(CC1Sc2ccccc2NC1=O)Nc1ccc(N2CCOCC2)cc1C(F)(F)F. The molecule has 2 aromatic rings. The van der Waals surface area contributed by atoms with E-state index >= 15 is 0 Å². The summed E-state index contributed by atoms with van der Waals surface area (Å²) in [5.74, 6) is -1.01. The number of anilines is 3. The van der Waals surface area contributed by atoms with Gasteiger partial charge in [0, 0.05) is 30.1 Å². The molecule has 2 N–H and O–H groups in total. The van der Waals surface area contributed by atoms with Gasteiger partial charge in [-0.15, -0.1) is 11.8 Å². The fraction of sp³-hybridized carbons (Fsp3) is 0.333. The van der Waals surface area contributed by atoms with Gasteiger partial charge >= 0.3 is 6.18 Å². The molecule has 6 nitrogen and oxygen atoms in total. The van der Waals surface area contributed by atoms with E-state index in [1.165, 1.54) is 17.8 Å². The first-order chi connectivity index (χ1) is 14.8. The van der Waals surface area contributed by atoms with Gasteiger partial charge in [-0.25, -0.2) is 0 Å². The number of thioether (sulfide) groups is 1. The third kappa shape index (κ3) is 4.96. The molecule has 0 saturated carbocycles. The Morgan fingerprint density at radius 2 is 1.94 bits per heavy atom. The number of hydrogen-bond donors (Lipinski definition) is 2. The van der Waals surface area contributed by atoms with Crippen molar-refractivity contribution in [3.05, 3.63) is 48.0 Å². The molecule has 1 saturated heterocycles. The van der Waals surface area contributed by atoms with Gasteiger partial charge in [0.15, 0.2) is 0 Å². The molecule has 2 heterocycles. The van der Waals surface area contributed by atoms with Crippen molar-refractivity contribution in [1.82, 2.24) is 0 Å². The molecule has 2 aromatic carbocycles. The molecule has 0 aromatic heterocycles. The molecular formula is C21H20F3N3O3S. The van der Waals surface area contributed by atoms with Crippen LogP contribution in [0.1, 0.15) is 12.0 Å². The number of amides is 2. The van der Waals surface area contributed by atoms with E-state index in [0.29, 0.717) is 37.7 Å². The summed E-state index contributed by atoms with van der Waals surface area (Å²) in [6.45, 7) is 1.89. The van der Waals surface area contributed by atoms with Crippen molar-refractivity contribution in [2.24, 2.45) is 0 Å². The van der Waals surface area contributed by atoms with Crippen LogP contribution < -0.4 is 15.5 Å². The molecule has 2 aliphatic heterocycles. The van der Waals surface area contributed by atoms with Crippen LogP contribution in [0, 0.1) is 0 Å². The first-order valence-electron chi connectivity index (χ1n) is 9.71. The average Bonchev–Trinajstić information content (AvgIpc) is 2.74. The lowest BCUT2D eigenvalue weighted by Gasteiger charge is -2.29. The molecule has 2 amide bonds. The lowest BCUT2D eigenvalue weighted by atomic mass is 10.1. The van der Waals surface area contributed by atoms with Crippen LogP contribution in [0.2, 0.25) is 0 Å². The van der Waals surface area contributed by atoms with Gasteiger partial charge in [0.25, 0.3) is 0 Å². The van der Waals surface area contributed by atoms with Crippen molar-refractivity contribution in [3.63, 3.8) is 0 Å². The fourth-order valence-corrected chi connectivity index (χ4v) is 4.60. The van der Waals surface area contributed by atoms with Crippen LogP contribution in [0.15, 0.2) is 47.4 Å². The van der Waals surface area contributed by atoms with Crippen molar-refractivity contribution < 1.29 is 27.5 Å². The predicted molar refractivity (Wildman–Crippen MR) is 112 cm³/mol. The maximum atomic E-state index is 13.7. The number of benzene rings is 2. The van der Waals surface area contributed by atoms with Crippen molar-refractivity contribution in [2.75, 3.05) is 41.8 Å². The van der Waals surface area contributed by atoms with E-state index in [9.17, 15) is 22.8 Å². The molecule has 164 valence electrons. The van der Waals surface area contributed by atoms with E-state index in [1.807, 2.05) is 17.0 Å². The maximum absolute atomic E-state index is 13.7. The molecule has 0 radical (unpaired) electrons. The number of halogens is 3. The van der Waals surface area contributed by atoms with E-state index in [1.54, 1.807) is 18.2 Å². The minimum absolute atomic E-state index is 0.243. The fourth-order valence-electron chi connectivity index (χ4n) is 3.49. The molecule has 0 aliphatic carbocycles. The Balaban J connectivity index is 1.49. The number of fused-ring (bicyclic) bond motifs is 1. The third-order valence-corrected chi connectivity index (χ3v) is 6.31. The Hall–Kier alpha value is -2.72. The van der Waals surface area contributed by atoms with Crippen LogP contribution in [-0.2, 0) is 20.5 Å². The number of carbonyl (C=O) groups excluding carboxylic acids is 2. The van der Waals surface area contributed by atoms with Gasteiger partial charge in [-0.1, -0.05) is 12.1 Å². The van der Waals surface area contributed by atoms with Crippen LogP contribution in [0.5, 0.6) is 0 Å². The summed E-state index contributed by atoms with van der Waals surface area (Å²) >= 11 is 1.22. The van der Waals surface area contributed by atoms with Gasteiger partial charge in [-0.05, 0) is 30.3 Å². The summed E-state index contributed by atoms with van der Waals surface area (Å²) in [5, 5.41) is 4.34. The summed E-state index contributed by atoms with van der Waals surface area (Å²) in [5.41, 5.74) is -0.160. The van der Waals surface area contributed by atoms with Gasteiger partial charge in [0.1, 0.15) is 0 Å². The number of carbonyl (C=O) groups is 2. The van der Waals surface area contributed by atoms with Gasteiger partial charge < -0.3 is 20.3 Å². The molecule has 10 heteroatoms. The number of para-hydroxylation sites is 1. The maximum Gasteiger partial charge on any atom is 0.418 e. The van der Waals surface area contributed by atoms with Crippen LogP contribution in [0.25, 0.3) is 0 Å². The molecule has 1 atom stereocenters. The van der Waals surface area contributed by atoms with E-state index in [0.717, 1.165) is 11.0 Å². The Bertz CT molecular complexity index is 993. The number of nitrogens with one attached hydrogen (secondary N) is 2. The highest BCUT2D eigenvalue weighted by Crippen LogP contribution is 2.39. The summed E-state index contributed by atoms with van der Waals surface area (Å²) in [6, 6.07) is 11.0. The average molecular weight is 451 g/mol. The largest absolute Gasteiger partial charge is 0.418 e. The second kappa shape index (κ2) is 8.80. The number of nitrogens with zero attached hydrogens (tertiary/aromatic N) is 1. The Kier molecular flexibility index (Phi) is 6.10. The monoisotopic (exact) mass is 451 g/mol. The van der Waals surface area contributed by atoms with Crippen LogP contribution in [0.4, 0.5) is 30.2 Å². The standard InChI is InChI=1S/C21H20F3N3O3S/c22-21(23,24)14-11-13(27-7-9-30-10-8-27)5-6-15(14)25-19(28)12-18-20(29)26-16-3-1-2-4-17(16)31-18/h1-6,11,18H,7-10,12H2,(H,25,28)(H,26,29). The summed E-state index contributed by atoms with van der Waals surface area (Å²) in [4.78, 5) is 27.4. The van der Waals surface area contributed by atoms with Crippen LogP contribution >= 0.6 is 11.8 Å². The second-order valence-corrected chi connectivity index (χ2v) is 8.42. The summed E-state index contributed by atoms with van der Waals surface area (Å²) in [7, 11) is 0. The van der Waals surface area contributed by atoms with Gasteiger partial charge in [-0.3, -0.25) is 9.59 Å². The van der Waals surface area contributed by atoms with E-state index in [2.05, 4.69) is 10.6 Å². The van der Waals surface area contributed by atoms with Crippen LogP contribution in [-0.4, -0.2) is 43.4 Å². The minimum atomic E-state index is -4.64. The van der Waals surface area contributed by atoms with E-state index in [-0.39, 0.29) is 18.0 Å². The van der Waals surface area contributed by atoms with Crippen molar-refractivity contribution in [1.29, 1.82) is 0 Å². The number of ether oxygens (including phenoxy) is 1. The first-order valence-corrected chi connectivity index (χ1v) is 10.6. The van der Waals surface area contributed by atoms with Gasteiger partial charge in [-0.2, -0.15) is 13.2 Å². The highest BCUT2D eigenvalue weighted by molar-refractivity contribution is 8.01. The van der Waals surface area contributed by atoms with Gasteiger partial charge in [0.2, 0.25) is 11.8 Å². The lowest BCUT2D eigenvalue weighted by Crippen LogP contribution is -2.36. The Morgan fingerprint density at radius 1 is 1.19 bits per heavy atom. The molecule has 0 bridgehead atoms. The smallest absolute Gasteiger partial charge is 0.378 e. The molecule has 1 unspecified atom stereocenters. The van der Waals surface area contributed by atoms with Crippen molar-refractivity contribution in [3.8, 4) is 0 Å². The molecule has 1 fully saturated rings. The summed E-state index contributed by atoms with van der Waals surface area (Å²) < 4.78 is 46.3. The predicted octanol–water partition coefficient (Wildman–Crippen LogP) is 3.98. The lowest BCUT2D eigenvalue weighted by molar-refractivity contribution is -0.137. The highest BCUT2D eigenvalue weighted by atomic mass is 32.2. The minimum Gasteiger partial charge on any atom is -0.378 e. The highest BCUT2D eigenvalue weighted by Gasteiger charge is 2.35. The zero-order chi connectivity index (χ0) is 22.0. The molecule has 4 rings (SSSR count). The Morgan fingerprint density at radius 3 is 2.68 bits per heavy atom. The molecule has 2 aliphatic rings. The normalized spacial score (nSPS) is 18.9. The molecule has 0 spiro atoms. The quantitative estimate of drug-likeness (QED) is 0.736. The summed E-state index contributed by atoms with van der Waals surface area (Å²) in [6.07, 6.45) is -4.88. The second-order valence-electron chi connectivity index (χ2n) is 7.17. The van der Waals surface area contributed by atoms with Gasteiger partial charge in [0.05, 0.1) is 35.4 Å². The molecule has 31 heavy (non-hydrogen) atoms. The zero-order valence-electron chi connectivity index (χ0n) is 16.4. The molecular weight excluding hydrogens is 431 g/mol. The number of rotatable bonds is 4. The third-order valence-electron chi connectivity index (χ3n) is 5.04. The van der Waals surface area contributed by atoms with Crippen molar-refractivity contribution in [2.45, 2.75) is 22.7 Å². The van der Waals surface area contributed by atoms with E-state index < -0.39 is 22.9 Å². The Labute approximate surface area is 181 Å². The first kappa shape index (κ1) is 21.5. The van der Waals surface area contributed by atoms with E-state index in [4.69, 9.17) is 4.74 Å². The van der Waals surface area contributed by atoms with Crippen LogP contribution in [0.3, 0.4) is 0 Å². The number of morpholine rings is 1. The number of alkyl halides is 3. The topological polar surface area (TPSA) is 70.7 Å². The van der Waals surface area contributed by atoms with Crippen molar-refractivity contribution >= 4 is 40.6 Å². The zero-order valence-corrected chi connectivity index (χ0v) is 17.2. The number of hydrogen-bond acceptors (Lipinski definition) is 5.